The van der Waals surface area contributed by atoms with E-state index in [2.05, 4.69) is 9.80 Å². The minimum atomic E-state index is 0.386. The van der Waals surface area contributed by atoms with E-state index in [-0.39, 0.29) is 0 Å². The molecule has 3 rings (SSSR count). The first-order valence-corrected chi connectivity index (χ1v) is 7.87. The predicted molar refractivity (Wildman–Crippen MR) is 72.4 cm³/mol. The maximum Gasteiger partial charge on any atom is 0.225 e. The van der Waals surface area contributed by atoms with Crippen LogP contribution in [0.15, 0.2) is 0 Å². The van der Waals surface area contributed by atoms with Gasteiger partial charge in [0.2, 0.25) is 5.91 Å². The zero-order chi connectivity index (χ0) is 12.4. The molecule has 0 spiro atoms. The van der Waals surface area contributed by atoms with Gasteiger partial charge in [-0.3, -0.25) is 4.79 Å². The van der Waals surface area contributed by atoms with Crippen LogP contribution >= 0.6 is 0 Å². The Morgan fingerprint density at radius 2 is 1.44 bits per heavy atom. The van der Waals surface area contributed by atoms with Crippen LogP contribution in [0, 0.1) is 5.92 Å². The summed E-state index contributed by atoms with van der Waals surface area (Å²) >= 11 is 0. The SMILES string of the molecule is O=C(C1CCC1)N1CCC(N2CCCCC2)CC1. The fourth-order valence-corrected chi connectivity index (χ4v) is 3.65. The second-order valence-electron chi connectivity index (χ2n) is 6.28. The highest BCUT2D eigenvalue weighted by Crippen LogP contribution is 2.30. The van der Waals surface area contributed by atoms with Crippen molar-refractivity contribution in [1.82, 2.24) is 9.80 Å². The first kappa shape index (κ1) is 12.5. The van der Waals surface area contributed by atoms with Crippen molar-refractivity contribution in [2.24, 2.45) is 5.92 Å². The highest BCUT2D eigenvalue weighted by molar-refractivity contribution is 5.79. The number of likely N-dealkylation sites (tertiary alicyclic amines) is 2. The van der Waals surface area contributed by atoms with Crippen LogP contribution in [-0.4, -0.2) is 47.9 Å². The lowest BCUT2D eigenvalue weighted by atomic mass is 9.84. The van der Waals surface area contributed by atoms with Crippen LogP contribution in [0.25, 0.3) is 0 Å². The monoisotopic (exact) mass is 250 g/mol. The van der Waals surface area contributed by atoms with Crippen LogP contribution in [0.4, 0.5) is 0 Å². The van der Waals surface area contributed by atoms with Gasteiger partial charge in [0.05, 0.1) is 0 Å². The van der Waals surface area contributed by atoms with E-state index in [1.165, 1.54) is 51.6 Å². The summed E-state index contributed by atoms with van der Waals surface area (Å²) in [5.74, 6) is 0.842. The highest BCUT2D eigenvalue weighted by atomic mass is 16.2. The van der Waals surface area contributed by atoms with Crippen molar-refractivity contribution in [2.75, 3.05) is 26.2 Å². The number of piperidine rings is 2. The Balaban J connectivity index is 1.46. The number of carbonyl (C=O) groups is 1. The van der Waals surface area contributed by atoms with Gasteiger partial charge < -0.3 is 9.80 Å². The maximum atomic E-state index is 12.2. The first-order valence-electron chi connectivity index (χ1n) is 7.87. The van der Waals surface area contributed by atoms with Gasteiger partial charge in [0.1, 0.15) is 0 Å². The van der Waals surface area contributed by atoms with Crippen LogP contribution in [-0.2, 0) is 4.79 Å². The fourth-order valence-electron chi connectivity index (χ4n) is 3.65. The summed E-state index contributed by atoms with van der Waals surface area (Å²) in [7, 11) is 0. The molecule has 18 heavy (non-hydrogen) atoms. The van der Waals surface area contributed by atoms with E-state index in [0.717, 1.165) is 32.0 Å². The molecule has 0 N–H and O–H groups in total. The van der Waals surface area contributed by atoms with Crippen molar-refractivity contribution < 1.29 is 4.79 Å². The van der Waals surface area contributed by atoms with Crippen molar-refractivity contribution in [1.29, 1.82) is 0 Å². The largest absolute Gasteiger partial charge is 0.342 e. The summed E-state index contributed by atoms with van der Waals surface area (Å²) in [6, 6.07) is 0.760. The van der Waals surface area contributed by atoms with Crippen molar-refractivity contribution >= 4 is 5.91 Å². The summed E-state index contributed by atoms with van der Waals surface area (Å²) in [5, 5.41) is 0. The van der Waals surface area contributed by atoms with Crippen molar-refractivity contribution in [3.05, 3.63) is 0 Å². The van der Waals surface area contributed by atoms with Crippen LogP contribution in [0.2, 0.25) is 0 Å². The van der Waals surface area contributed by atoms with Crippen molar-refractivity contribution in [2.45, 2.75) is 57.4 Å². The van der Waals surface area contributed by atoms with E-state index < -0.39 is 0 Å². The molecule has 3 heteroatoms. The number of nitrogens with zero attached hydrogens (tertiary/aromatic N) is 2. The molecule has 0 unspecified atom stereocenters. The van der Waals surface area contributed by atoms with E-state index in [0.29, 0.717) is 11.8 Å². The quantitative estimate of drug-likeness (QED) is 0.750. The standard InChI is InChI=1S/C15H26N2O/c18-15(13-5-4-6-13)17-11-7-14(8-12-17)16-9-2-1-3-10-16/h13-14H,1-12H2. The molecule has 2 aliphatic heterocycles. The zero-order valence-electron chi connectivity index (χ0n) is 11.4. The number of hydrogen-bond acceptors (Lipinski definition) is 2. The fraction of sp³-hybridized carbons (Fsp3) is 0.933. The average Bonchev–Trinajstić information content (AvgIpc) is 2.38. The Labute approximate surface area is 111 Å². The molecule has 0 radical (unpaired) electrons. The molecule has 3 aliphatic rings. The van der Waals surface area contributed by atoms with Gasteiger partial charge in [0.25, 0.3) is 0 Å². The molecule has 2 saturated heterocycles. The maximum absolute atomic E-state index is 12.2. The van der Waals surface area contributed by atoms with Crippen LogP contribution in [0.3, 0.4) is 0 Å². The Hall–Kier alpha value is -0.570. The topological polar surface area (TPSA) is 23.6 Å². The molecule has 2 heterocycles. The van der Waals surface area contributed by atoms with E-state index in [1.54, 1.807) is 0 Å². The summed E-state index contributed by atoms with van der Waals surface area (Å²) < 4.78 is 0. The first-order chi connectivity index (χ1) is 8.84. The average molecular weight is 250 g/mol. The smallest absolute Gasteiger partial charge is 0.225 e. The van der Waals surface area contributed by atoms with Gasteiger partial charge in [-0.2, -0.15) is 0 Å². The number of rotatable bonds is 2. The lowest BCUT2D eigenvalue weighted by Crippen LogP contribution is -2.50. The van der Waals surface area contributed by atoms with Gasteiger partial charge in [0, 0.05) is 25.0 Å². The molecule has 102 valence electrons. The van der Waals surface area contributed by atoms with Gasteiger partial charge in [0.15, 0.2) is 0 Å². The Bertz CT molecular complexity index is 287. The molecule has 0 bridgehead atoms. The number of hydrogen-bond donors (Lipinski definition) is 0. The Kier molecular flexibility index (Phi) is 3.88. The van der Waals surface area contributed by atoms with Gasteiger partial charge in [-0.1, -0.05) is 12.8 Å². The van der Waals surface area contributed by atoms with E-state index in [9.17, 15) is 4.79 Å². The van der Waals surface area contributed by atoms with Gasteiger partial charge in [-0.25, -0.2) is 0 Å². The zero-order valence-corrected chi connectivity index (χ0v) is 11.4. The Morgan fingerprint density at radius 1 is 0.778 bits per heavy atom. The third kappa shape index (κ3) is 2.56. The van der Waals surface area contributed by atoms with Crippen molar-refractivity contribution in [3.63, 3.8) is 0 Å². The summed E-state index contributed by atoms with van der Waals surface area (Å²) in [6.07, 6.45) is 10.1. The number of amides is 1. The summed E-state index contributed by atoms with van der Waals surface area (Å²) in [6.45, 7) is 4.61. The van der Waals surface area contributed by atoms with Gasteiger partial charge in [-0.05, 0) is 51.6 Å². The second kappa shape index (κ2) is 5.60. The summed E-state index contributed by atoms with van der Waals surface area (Å²) in [4.78, 5) is 17.0. The van der Waals surface area contributed by atoms with E-state index in [1.807, 2.05) is 0 Å². The molecule has 1 saturated carbocycles. The molecular formula is C15H26N2O. The van der Waals surface area contributed by atoms with E-state index in [4.69, 9.17) is 0 Å². The molecule has 0 aromatic rings. The van der Waals surface area contributed by atoms with Crippen molar-refractivity contribution in [3.8, 4) is 0 Å². The Morgan fingerprint density at radius 3 is 2.00 bits per heavy atom. The molecule has 0 atom stereocenters. The molecule has 3 fully saturated rings. The third-order valence-corrected chi connectivity index (χ3v) is 5.14. The molecule has 3 nitrogen and oxygen atoms in total. The molecule has 1 amide bonds. The molecule has 0 aromatic carbocycles. The molecule has 0 aromatic heterocycles. The van der Waals surface area contributed by atoms with E-state index >= 15 is 0 Å². The minimum absolute atomic E-state index is 0.386. The molecule has 1 aliphatic carbocycles. The highest BCUT2D eigenvalue weighted by Gasteiger charge is 2.33. The molecular weight excluding hydrogens is 224 g/mol. The number of carbonyl (C=O) groups excluding carboxylic acids is 1. The van der Waals surface area contributed by atoms with Crippen LogP contribution < -0.4 is 0 Å². The lowest BCUT2D eigenvalue weighted by molar-refractivity contribution is -0.139. The third-order valence-electron chi connectivity index (χ3n) is 5.14. The lowest BCUT2D eigenvalue weighted by Gasteiger charge is -2.41. The van der Waals surface area contributed by atoms with Gasteiger partial charge >= 0.3 is 0 Å². The van der Waals surface area contributed by atoms with Gasteiger partial charge in [-0.15, -0.1) is 0 Å². The van der Waals surface area contributed by atoms with Crippen LogP contribution in [0.5, 0.6) is 0 Å². The summed E-state index contributed by atoms with van der Waals surface area (Å²) in [5.41, 5.74) is 0. The second-order valence-corrected chi connectivity index (χ2v) is 6.28. The normalized spacial score (nSPS) is 28.1. The van der Waals surface area contributed by atoms with Crippen LogP contribution in [0.1, 0.15) is 51.4 Å². The minimum Gasteiger partial charge on any atom is -0.342 e. The predicted octanol–water partition coefficient (Wildman–Crippen LogP) is 2.26.